The molecule has 1 saturated heterocycles. The normalized spacial score (nSPS) is 23.6. The number of nitrogens with one attached hydrogen (secondary N) is 1. The van der Waals surface area contributed by atoms with Gasteiger partial charge >= 0.3 is 0 Å². The van der Waals surface area contributed by atoms with Crippen molar-refractivity contribution in [2.75, 3.05) is 24.6 Å². The summed E-state index contributed by atoms with van der Waals surface area (Å²) in [5, 5.41) is 13.9. The van der Waals surface area contributed by atoms with E-state index in [1.165, 1.54) is 5.56 Å². The van der Waals surface area contributed by atoms with Crippen LogP contribution < -0.4 is 10.2 Å². The molecule has 1 aliphatic heterocycles. The van der Waals surface area contributed by atoms with Crippen molar-refractivity contribution in [2.45, 2.75) is 45.7 Å². The third-order valence-corrected chi connectivity index (χ3v) is 4.85. The molecule has 0 radical (unpaired) electrons. The molecule has 4 heteroatoms. The van der Waals surface area contributed by atoms with Crippen molar-refractivity contribution in [2.24, 2.45) is 5.92 Å². The van der Waals surface area contributed by atoms with Crippen LogP contribution in [0.2, 0.25) is 5.02 Å². The first-order chi connectivity index (χ1) is 10.1. The Balaban J connectivity index is 2.16. The van der Waals surface area contributed by atoms with Crippen molar-refractivity contribution in [3.05, 3.63) is 28.8 Å². The summed E-state index contributed by atoms with van der Waals surface area (Å²) in [5.74, 6) is 0.510. The lowest BCUT2D eigenvalue weighted by Gasteiger charge is -2.28. The molecule has 3 nitrogen and oxygen atoms in total. The van der Waals surface area contributed by atoms with Crippen molar-refractivity contribution in [1.29, 1.82) is 0 Å². The largest absolute Gasteiger partial charge is 0.394 e. The molecule has 0 spiro atoms. The molecular formula is C17H27ClN2O. The topological polar surface area (TPSA) is 35.5 Å². The summed E-state index contributed by atoms with van der Waals surface area (Å²) in [6.07, 6.45) is 2.23. The molecule has 2 rings (SSSR count). The van der Waals surface area contributed by atoms with Crippen LogP contribution in [0.1, 0.15) is 45.2 Å². The van der Waals surface area contributed by atoms with Gasteiger partial charge in [0.2, 0.25) is 0 Å². The van der Waals surface area contributed by atoms with Crippen molar-refractivity contribution in [3.63, 3.8) is 0 Å². The number of anilines is 1. The quantitative estimate of drug-likeness (QED) is 0.842. The monoisotopic (exact) mass is 310 g/mol. The van der Waals surface area contributed by atoms with Crippen molar-refractivity contribution in [1.82, 2.24) is 5.32 Å². The van der Waals surface area contributed by atoms with E-state index in [0.717, 1.165) is 36.6 Å². The van der Waals surface area contributed by atoms with Gasteiger partial charge in [0.05, 0.1) is 23.4 Å². The smallest absolute Gasteiger partial charge is 0.0643 e. The highest BCUT2D eigenvalue weighted by Crippen LogP contribution is 2.35. The Morgan fingerprint density at radius 1 is 1.48 bits per heavy atom. The van der Waals surface area contributed by atoms with E-state index in [2.05, 4.69) is 49.2 Å². The molecule has 1 aromatic rings. The lowest BCUT2D eigenvalue weighted by atomic mass is 10.0. The second kappa shape index (κ2) is 7.48. The van der Waals surface area contributed by atoms with Crippen LogP contribution in [0.15, 0.2) is 18.2 Å². The number of benzene rings is 1. The highest BCUT2D eigenvalue weighted by atomic mass is 35.5. The second-order valence-corrected chi connectivity index (χ2v) is 6.50. The lowest BCUT2D eigenvalue weighted by Crippen LogP contribution is -2.35. The molecule has 2 N–H and O–H groups in total. The van der Waals surface area contributed by atoms with Crippen LogP contribution in [0.3, 0.4) is 0 Å². The van der Waals surface area contributed by atoms with Crippen LogP contribution in [-0.4, -0.2) is 30.8 Å². The van der Waals surface area contributed by atoms with Crippen molar-refractivity contribution in [3.8, 4) is 0 Å². The van der Waals surface area contributed by atoms with Gasteiger partial charge in [0, 0.05) is 12.6 Å². The van der Waals surface area contributed by atoms with Crippen LogP contribution in [0, 0.1) is 5.92 Å². The summed E-state index contributed by atoms with van der Waals surface area (Å²) in [7, 11) is 0. The average molecular weight is 311 g/mol. The molecule has 1 aromatic carbocycles. The second-order valence-electron chi connectivity index (χ2n) is 6.10. The zero-order chi connectivity index (χ0) is 15.4. The third kappa shape index (κ3) is 3.71. The van der Waals surface area contributed by atoms with Crippen LogP contribution in [0.5, 0.6) is 0 Å². The molecule has 21 heavy (non-hydrogen) atoms. The zero-order valence-corrected chi connectivity index (χ0v) is 14.0. The third-order valence-electron chi connectivity index (χ3n) is 4.55. The van der Waals surface area contributed by atoms with Crippen molar-refractivity contribution < 1.29 is 5.11 Å². The maximum absolute atomic E-state index is 9.60. The van der Waals surface area contributed by atoms with Crippen LogP contribution in [0.4, 0.5) is 5.69 Å². The van der Waals surface area contributed by atoms with Crippen molar-refractivity contribution >= 4 is 17.3 Å². The first kappa shape index (κ1) is 16.6. The average Bonchev–Trinajstić information content (AvgIpc) is 2.85. The summed E-state index contributed by atoms with van der Waals surface area (Å²) >= 11 is 6.51. The number of aliphatic hydroxyl groups is 1. The van der Waals surface area contributed by atoms with Gasteiger partial charge < -0.3 is 15.3 Å². The molecule has 1 heterocycles. The van der Waals surface area contributed by atoms with Gasteiger partial charge in [-0.3, -0.25) is 0 Å². The van der Waals surface area contributed by atoms with Crippen LogP contribution >= 0.6 is 11.6 Å². The number of nitrogens with zero attached hydrogens (tertiary/aromatic N) is 1. The van der Waals surface area contributed by atoms with Gasteiger partial charge in [-0.2, -0.15) is 0 Å². The molecule has 0 bridgehead atoms. The summed E-state index contributed by atoms with van der Waals surface area (Å²) in [5.41, 5.74) is 2.26. The Bertz CT molecular complexity index is 466. The Hall–Kier alpha value is -0.770. The zero-order valence-electron chi connectivity index (χ0n) is 13.3. The summed E-state index contributed by atoms with van der Waals surface area (Å²) in [6, 6.07) is 6.79. The van der Waals surface area contributed by atoms with E-state index < -0.39 is 0 Å². The van der Waals surface area contributed by atoms with Crippen LogP contribution in [-0.2, 0) is 0 Å². The molecule has 0 aromatic heterocycles. The minimum atomic E-state index is 0.184. The number of rotatable bonds is 6. The molecule has 1 aliphatic rings. The summed E-state index contributed by atoms with van der Waals surface area (Å²) < 4.78 is 0. The first-order valence-electron chi connectivity index (χ1n) is 7.98. The van der Waals surface area contributed by atoms with Gasteiger partial charge in [-0.1, -0.05) is 31.5 Å². The van der Waals surface area contributed by atoms with Gasteiger partial charge in [0.15, 0.2) is 0 Å². The number of hydrogen-bond donors (Lipinski definition) is 2. The summed E-state index contributed by atoms with van der Waals surface area (Å²) in [6.45, 7) is 8.69. The van der Waals surface area contributed by atoms with Gasteiger partial charge in [-0.15, -0.1) is 0 Å². The van der Waals surface area contributed by atoms with E-state index in [9.17, 15) is 5.11 Å². The highest BCUT2D eigenvalue weighted by Gasteiger charge is 2.31. The Labute approximate surface area is 133 Å². The van der Waals surface area contributed by atoms with Gasteiger partial charge in [0.25, 0.3) is 0 Å². The number of hydrogen-bond acceptors (Lipinski definition) is 3. The predicted octanol–water partition coefficient (Wildman–Crippen LogP) is 3.61. The number of halogens is 1. The molecule has 0 saturated carbocycles. The minimum absolute atomic E-state index is 0.184. The molecule has 0 aliphatic carbocycles. The van der Waals surface area contributed by atoms with E-state index in [0.29, 0.717) is 12.0 Å². The van der Waals surface area contributed by atoms with E-state index in [1.807, 2.05) is 0 Å². The van der Waals surface area contributed by atoms with E-state index >= 15 is 0 Å². The molecule has 3 atom stereocenters. The standard InChI is InChI=1S/C17H27ClN2O/c1-4-8-19-13(3)14-5-6-16(15(18)10-14)20-9-7-12(2)17(20)11-21/h5-6,10,12-13,17,19,21H,4,7-9,11H2,1-3H3. The molecule has 3 unspecified atom stereocenters. The minimum Gasteiger partial charge on any atom is -0.394 e. The lowest BCUT2D eigenvalue weighted by molar-refractivity contribution is 0.245. The van der Waals surface area contributed by atoms with Gasteiger partial charge in [-0.05, 0) is 49.9 Å². The van der Waals surface area contributed by atoms with E-state index in [1.54, 1.807) is 0 Å². The summed E-state index contributed by atoms with van der Waals surface area (Å²) in [4.78, 5) is 2.25. The van der Waals surface area contributed by atoms with E-state index in [-0.39, 0.29) is 12.6 Å². The Kier molecular flexibility index (Phi) is 5.91. The SMILES string of the molecule is CCCNC(C)c1ccc(N2CCC(C)C2CO)c(Cl)c1. The fourth-order valence-electron chi connectivity index (χ4n) is 3.09. The molecule has 0 amide bonds. The maximum atomic E-state index is 9.60. The van der Waals surface area contributed by atoms with Crippen LogP contribution in [0.25, 0.3) is 0 Å². The Morgan fingerprint density at radius 3 is 2.86 bits per heavy atom. The highest BCUT2D eigenvalue weighted by molar-refractivity contribution is 6.33. The molecule has 118 valence electrons. The predicted molar refractivity (Wildman–Crippen MR) is 90.2 cm³/mol. The fraction of sp³-hybridized carbons (Fsp3) is 0.647. The Morgan fingerprint density at radius 2 is 2.24 bits per heavy atom. The first-order valence-corrected chi connectivity index (χ1v) is 8.36. The molecule has 1 fully saturated rings. The van der Waals surface area contributed by atoms with E-state index in [4.69, 9.17) is 11.6 Å². The number of aliphatic hydroxyl groups excluding tert-OH is 1. The van der Waals surface area contributed by atoms with Gasteiger partial charge in [0.1, 0.15) is 0 Å². The maximum Gasteiger partial charge on any atom is 0.0643 e. The van der Waals surface area contributed by atoms with Gasteiger partial charge in [-0.25, -0.2) is 0 Å². The fourth-order valence-corrected chi connectivity index (χ4v) is 3.39. The molecular weight excluding hydrogens is 284 g/mol.